The highest BCUT2D eigenvalue weighted by molar-refractivity contribution is 6.91. The molecule has 0 spiro atoms. The Morgan fingerprint density at radius 3 is 2.46 bits per heavy atom. The quantitative estimate of drug-likeness (QED) is 0.569. The number of para-hydroxylation sites is 1. The summed E-state index contributed by atoms with van der Waals surface area (Å²) in [5.74, 6) is 0.565. The van der Waals surface area contributed by atoms with Crippen molar-refractivity contribution in [2.45, 2.75) is 39.3 Å². The van der Waals surface area contributed by atoms with Gasteiger partial charge in [-0.25, -0.2) is 4.79 Å². The van der Waals surface area contributed by atoms with Crippen LogP contribution >= 0.6 is 0 Å². The van der Waals surface area contributed by atoms with Crippen molar-refractivity contribution >= 4 is 36.2 Å². The first-order chi connectivity index (χ1) is 13.3. The van der Waals surface area contributed by atoms with E-state index in [1.807, 2.05) is 45.2 Å². The van der Waals surface area contributed by atoms with E-state index in [-0.39, 0.29) is 6.09 Å². The molecule has 1 aromatic heterocycles. The molecule has 0 saturated carbocycles. The van der Waals surface area contributed by atoms with Crippen molar-refractivity contribution in [3.8, 4) is 0 Å². The number of ether oxygens (including phenoxy) is 1. The molecule has 0 aliphatic carbocycles. The van der Waals surface area contributed by atoms with E-state index >= 15 is 0 Å². The van der Waals surface area contributed by atoms with E-state index in [1.54, 1.807) is 4.57 Å². The van der Waals surface area contributed by atoms with Gasteiger partial charge in [0.15, 0.2) is 0 Å². The molecule has 1 aliphatic rings. The van der Waals surface area contributed by atoms with Gasteiger partial charge in [0.25, 0.3) is 0 Å². The number of fused-ring (bicyclic) bond motifs is 1. The molecule has 0 bridgehead atoms. The van der Waals surface area contributed by atoms with E-state index < -0.39 is 14.4 Å². The van der Waals surface area contributed by atoms with Crippen molar-refractivity contribution in [3.05, 3.63) is 72.4 Å². The summed E-state index contributed by atoms with van der Waals surface area (Å²) in [5.41, 5.74) is 1.57. The van der Waals surface area contributed by atoms with Gasteiger partial charge >= 0.3 is 6.09 Å². The molecule has 0 N–H and O–H groups in total. The first-order valence-electron chi connectivity index (χ1n) is 9.94. The highest BCUT2D eigenvalue weighted by Gasteiger charge is 2.30. The Morgan fingerprint density at radius 2 is 1.75 bits per heavy atom. The van der Waals surface area contributed by atoms with Crippen LogP contribution in [0.5, 0.6) is 0 Å². The van der Waals surface area contributed by atoms with Crippen molar-refractivity contribution in [2.75, 3.05) is 0 Å². The maximum atomic E-state index is 12.9. The maximum Gasteiger partial charge on any atom is 0.419 e. The van der Waals surface area contributed by atoms with Gasteiger partial charge in [0.2, 0.25) is 0 Å². The fraction of sp³-hybridized carbons (Fsp3) is 0.292. The highest BCUT2D eigenvalue weighted by Crippen LogP contribution is 2.36. The molecular formula is C24H27NO2Si. The fourth-order valence-corrected chi connectivity index (χ4v) is 7.76. The second-order valence-corrected chi connectivity index (χ2v) is 11.6. The number of allylic oxidation sites excluding steroid dienone is 1. The van der Waals surface area contributed by atoms with Crippen LogP contribution in [0.15, 0.2) is 66.9 Å². The zero-order valence-electron chi connectivity index (χ0n) is 17.0. The Morgan fingerprint density at radius 1 is 1.07 bits per heavy atom. The Labute approximate surface area is 168 Å². The Bertz CT molecular complexity index is 1040. The molecule has 0 amide bonds. The lowest BCUT2D eigenvalue weighted by Gasteiger charge is -2.19. The number of carbonyl (C=O) groups is 1. The molecule has 2 atom stereocenters. The second kappa shape index (κ2) is 7.10. The smallest absolute Gasteiger partial charge is 0.419 e. The summed E-state index contributed by atoms with van der Waals surface area (Å²) in [6, 6.07) is 20.2. The van der Waals surface area contributed by atoms with Crippen LogP contribution in [-0.4, -0.2) is 25.1 Å². The van der Waals surface area contributed by atoms with Crippen molar-refractivity contribution < 1.29 is 9.53 Å². The number of hydrogen-bond donors (Lipinski definition) is 0. The summed E-state index contributed by atoms with van der Waals surface area (Å²) in [7, 11) is -1.31. The van der Waals surface area contributed by atoms with Crippen LogP contribution in [0.25, 0.3) is 16.1 Å². The largest absolute Gasteiger partial charge is 0.443 e. The van der Waals surface area contributed by atoms with E-state index in [2.05, 4.69) is 49.4 Å². The van der Waals surface area contributed by atoms with Crippen LogP contribution in [0.2, 0.25) is 6.04 Å². The van der Waals surface area contributed by atoms with Gasteiger partial charge in [-0.3, -0.25) is 4.57 Å². The minimum Gasteiger partial charge on any atom is -0.443 e. The van der Waals surface area contributed by atoms with Gasteiger partial charge in [0, 0.05) is 11.6 Å². The third-order valence-corrected chi connectivity index (χ3v) is 8.92. The summed E-state index contributed by atoms with van der Waals surface area (Å²) < 4.78 is 7.33. The standard InChI is InChI=1S/C24H27NO2Si/c1-17-14-22(28(16-17)18-10-6-5-7-11-18)20-15-25(23(26)27-24(2,3)4)21-13-9-8-12-19(20)21/h5-15,17,28H,16H2,1-4H3/t17-,28+/m0/s1. The average molecular weight is 390 g/mol. The fourth-order valence-electron chi connectivity index (χ4n) is 4.14. The van der Waals surface area contributed by atoms with Crippen molar-refractivity contribution in [1.82, 2.24) is 4.57 Å². The number of aromatic nitrogens is 1. The van der Waals surface area contributed by atoms with E-state index in [4.69, 9.17) is 4.74 Å². The Balaban J connectivity index is 1.83. The summed E-state index contributed by atoms with van der Waals surface area (Å²) in [4.78, 5) is 12.9. The lowest BCUT2D eigenvalue weighted by molar-refractivity contribution is 0.0544. The second-order valence-electron chi connectivity index (χ2n) is 8.71. The monoisotopic (exact) mass is 389 g/mol. The molecule has 0 saturated heterocycles. The summed E-state index contributed by atoms with van der Waals surface area (Å²) >= 11 is 0. The molecule has 4 heteroatoms. The summed E-state index contributed by atoms with van der Waals surface area (Å²) in [6.45, 7) is 7.99. The van der Waals surface area contributed by atoms with Gasteiger partial charge in [-0.15, -0.1) is 0 Å². The number of nitrogens with zero attached hydrogens (tertiary/aromatic N) is 1. The number of carbonyl (C=O) groups excluding carboxylic acids is 1. The SMILES string of the molecule is C[C@H]1C=C(c2cn(C(=O)OC(C)(C)C)c3ccccc23)[Si@@H](c2ccccc2)C1. The summed E-state index contributed by atoms with van der Waals surface area (Å²) in [5, 5.41) is 4.03. The number of hydrogen-bond acceptors (Lipinski definition) is 2. The van der Waals surface area contributed by atoms with Crippen molar-refractivity contribution in [1.29, 1.82) is 0 Å². The van der Waals surface area contributed by atoms with Gasteiger partial charge in [-0.1, -0.05) is 71.9 Å². The lowest BCUT2D eigenvalue weighted by atomic mass is 10.1. The predicted molar refractivity (Wildman–Crippen MR) is 119 cm³/mol. The number of benzene rings is 2. The molecule has 144 valence electrons. The maximum absolute atomic E-state index is 12.9. The third-order valence-electron chi connectivity index (χ3n) is 5.26. The van der Waals surface area contributed by atoms with Crippen molar-refractivity contribution in [2.24, 2.45) is 5.92 Å². The van der Waals surface area contributed by atoms with E-state index in [0.29, 0.717) is 5.92 Å². The molecule has 0 unspecified atom stereocenters. The molecule has 1 aliphatic heterocycles. The van der Waals surface area contributed by atoms with Gasteiger partial charge in [0.05, 0.1) is 5.52 Å². The van der Waals surface area contributed by atoms with Crippen LogP contribution in [-0.2, 0) is 4.74 Å². The molecule has 4 rings (SSSR count). The number of rotatable bonds is 2. The molecular weight excluding hydrogens is 362 g/mol. The average Bonchev–Trinajstić information content (AvgIpc) is 3.22. The molecule has 3 nitrogen and oxygen atoms in total. The van der Waals surface area contributed by atoms with Gasteiger partial charge in [0.1, 0.15) is 14.4 Å². The topological polar surface area (TPSA) is 31.2 Å². The van der Waals surface area contributed by atoms with Crippen molar-refractivity contribution in [3.63, 3.8) is 0 Å². The van der Waals surface area contributed by atoms with Crippen LogP contribution in [0.4, 0.5) is 4.79 Å². The molecule has 2 aromatic carbocycles. The normalized spacial score (nSPS) is 19.6. The summed E-state index contributed by atoms with van der Waals surface area (Å²) in [6.07, 6.45) is 4.09. The van der Waals surface area contributed by atoms with E-state index in [1.165, 1.54) is 22.0 Å². The third kappa shape index (κ3) is 3.57. The van der Waals surface area contributed by atoms with Gasteiger partial charge < -0.3 is 4.74 Å². The van der Waals surface area contributed by atoms with Crippen LogP contribution in [0.1, 0.15) is 33.3 Å². The van der Waals surface area contributed by atoms with Crippen LogP contribution in [0, 0.1) is 5.92 Å². The minimum absolute atomic E-state index is 0.320. The van der Waals surface area contributed by atoms with Gasteiger partial charge in [-0.2, -0.15) is 0 Å². The molecule has 28 heavy (non-hydrogen) atoms. The van der Waals surface area contributed by atoms with Crippen LogP contribution in [0.3, 0.4) is 0 Å². The minimum atomic E-state index is -1.31. The van der Waals surface area contributed by atoms with Gasteiger partial charge in [-0.05, 0) is 44.4 Å². The lowest BCUT2D eigenvalue weighted by Crippen LogP contribution is -2.29. The predicted octanol–water partition coefficient (Wildman–Crippen LogP) is 5.13. The van der Waals surface area contributed by atoms with E-state index in [9.17, 15) is 4.79 Å². The molecule has 2 heterocycles. The highest BCUT2D eigenvalue weighted by atomic mass is 28.3. The first kappa shape index (κ1) is 18.8. The first-order valence-corrected chi connectivity index (χ1v) is 11.9. The Hall–Kier alpha value is -2.59. The zero-order chi connectivity index (χ0) is 19.9. The molecule has 3 aromatic rings. The van der Waals surface area contributed by atoms with E-state index in [0.717, 1.165) is 10.9 Å². The Kier molecular flexibility index (Phi) is 4.75. The zero-order valence-corrected chi connectivity index (χ0v) is 18.1. The van der Waals surface area contributed by atoms with Crippen LogP contribution < -0.4 is 5.19 Å². The molecule has 0 radical (unpaired) electrons. The molecule has 0 fully saturated rings.